The van der Waals surface area contributed by atoms with E-state index in [1.54, 1.807) is 0 Å². The van der Waals surface area contributed by atoms with E-state index in [1.807, 2.05) is 32.9 Å². The van der Waals surface area contributed by atoms with Crippen molar-refractivity contribution in [3.05, 3.63) is 23.4 Å². The number of pyridine rings is 1. The molecule has 0 saturated carbocycles. The SMILES string of the molecule is CC[C@@H](N)C(=O)Nc1cc(C)cc(C)n1. The molecule has 3 N–H and O–H groups in total. The Morgan fingerprint density at radius 1 is 1.53 bits per heavy atom. The standard InChI is InChI=1S/C11H17N3O/c1-4-9(12)11(15)14-10-6-7(2)5-8(3)13-10/h5-6,9H,4,12H2,1-3H3,(H,13,14,15)/t9-/m1/s1. The highest BCUT2D eigenvalue weighted by Crippen LogP contribution is 2.09. The van der Waals surface area contributed by atoms with Crippen molar-refractivity contribution in [3.8, 4) is 0 Å². The lowest BCUT2D eigenvalue weighted by atomic mass is 10.2. The Hall–Kier alpha value is -1.42. The molecular formula is C11H17N3O. The molecule has 0 bridgehead atoms. The normalized spacial score (nSPS) is 12.3. The Labute approximate surface area is 89.9 Å². The first-order valence-corrected chi connectivity index (χ1v) is 5.04. The van der Waals surface area contributed by atoms with Crippen LogP contribution >= 0.6 is 0 Å². The minimum Gasteiger partial charge on any atom is -0.320 e. The minimum atomic E-state index is -0.465. The minimum absolute atomic E-state index is 0.185. The highest BCUT2D eigenvalue weighted by molar-refractivity contribution is 5.93. The fraction of sp³-hybridized carbons (Fsp3) is 0.455. The lowest BCUT2D eigenvalue weighted by molar-refractivity contribution is -0.117. The molecule has 1 amide bonds. The van der Waals surface area contributed by atoms with E-state index in [0.717, 1.165) is 11.3 Å². The van der Waals surface area contributed by atoms with E-state index < -0.39 is 6.04 Å². The summed E-state index contributed by atoms with van der Waals surface area (Å²) in [5.74, 6) is 0.386. The third-order valence-electron chi connectivity index (χ3n) is 2.13. The Bertz CT molecular complexity index is 343. The van der Waals surface area contributed by atoms with Crippen LogP contribution in [0.25, 0.3) is 0 Å². The molecular weight excluding hydrogens is 190 g/mol. The molecule has 1 heterocycles. The van der Waals surface area contributed by atoms with Gasteiger partial charge in [-0.15, -0.1) is 0 Å². The van der Waals surface area contributed by atoms with Gasteiger partial charge in [-0.2, -0.15) is 0 Å². The fourth-order valence-electron chi connectivity index (χ4n) is 1.31. The van der Waals surface area contributed by atoms with Crippen molar-refractivity contribution < 1.29 is 4.79 Å². The number of hydrogen-bond donors (Lipinski definition) is 2. The zero-order valence-electron chi connectivity index (χ0n) is 9.37. The molecule has 4 heteroatoms. The Balaban J connectivity index is 2.76. The fourth-order valence-corrected chi connectivity index (χ4v) is 1.31. The predicted molar refractivity (Wildman–Crippen MR) is 60.6 cm³/mol. The van der Waals surface area contributed by atoms with Crippen molar-refractivity contribution in [3.63, 3.8) is 0 Å². The molecule has 0 aliphatic carbocycles. The van der Waals surface area contributed by atoms with Gasteiger partial charge in [-0.3, -0.25) is 4.79 Å². The van der Waals surface area contributed by atoms with Crippen LogP contribution in [0.5, 0.6) is 0 Å². The van der Waals surface area contributed by atoms with Crippen molar-refractivity contribution in [2.75, 3.05) is 5.32 Å². The van der Waals surface area contributed by atoms with Gasteiger partial charge in [0.1, 0.15) is 5.82 Å². The second-order valence-corrected chi connectivity index (χ2v) is 3.68. The van der Waals surface area contributed by atoms with Gasteiger partial charge in [-0.1, -0.05) is 6.92 Å². The summed E-state index contributed by atoms with van der Waals surface area (Å²) in [6.07, 6.45) is 0.622. The van der Waals surface area contributed by atoms with Crippen LogP contribution in [0.2, 0.25) is 0 Å². The van der Waals surface area contributed by atoms with Gasteiger partial charge in [-0.25, -0.2) is 4.98 Å². The van der Waals surface area contributed by atoms with E-state index in [2.05, 4.69) is 10.3 Å². The molecule has 1 rings (SSSR count). The average molecular weight is 207 g/mol. The maximum atomic E-state index is 11.5. The summed E-state index contributed by atoms with van der Waals surface area (Å²) in [5, 5.41) is 2.70. The quantitative estimate of drug-likeness (QED) is 0.786. The number of anilines is 1. The van der Waals surface area contributed by atoms with Crippen molar-refractivity contribution in [2.45, 2.75) is 33.2 Å². The van der Waals surface area contributed by atoms with Crippen LogP contribution in [0.1, 0.15) is 24.6 Å². The van der Waals surface area contributed by atoms with Gasteiger partial charge in [0.2, 0.25) is 5.91 Å². The summed E-state index contributed by atoms with van der Waals surface area (Å²) < 4.78 is 0. The number of rotatable bonds is 3. The molecule has 0 aliphatic rings. The number of aryl methyl sites for hydroxylation is 2. The van der Waals surface area contributed by atoms with Gasteiger partial charge in [0.15, 0.2) is 0 Å². The summed E-state index contributed by atoms with van der Waals surface area (Å²) in [6.45, 7) is 5.73. The average Bonchev–Trinajstić information content (AvgIpc) is 2.14. The molecule has 4 nitrogen and oxygen atoms in total. The molecule has 1 aromatic rings. The number of carbonyl (C=O) groups is 1. The maximum absolute atomic E-state index is 11.5. The summed E-state index contributed by atoms with van der Waals surface area (Å²) in [7, 11) is 0. The van der Waals surface area contributed by atoms with Gasteiger partial charge in [-0.05, 0) is 38.0 Å². The number of aromatic nitrogens is 1. The highest BCUT2D eigenvalue weighted by Gasteiger charge is 2.11. The third kappa shape index (κ3) is 3.32. The second kappa shape index (κ2) is 4.89. The van der Waals surface area contributed by atoms with E-state index in [-0.39, 0.29) is 5.91 Å². The topological polar surface area (TPSA) is 68.0 Å². The maximum Gasteiger partial charge on any atom is 0.242 e. The van der Waals surface area contributed by atoms with Crippen LogP contribution in [-0.2, 0) is 4.79 Å². The number of nitrogens with zero attached hydrogens (tertiary/aromatic N) is 1. The van der Waals surface area contributed by atoms with E-state index in [9.17, 15) is 4.79 Å². The number of hydrogen-bond acceptors (Lipinski definition) is 3. The number of carbonyl (C=O) groups excluding carboxylic acids is 1. The largest absolute Gasteiger partial charge is 0.320 e. The van der Waals surface area contributed by atoms with Gasteiger partial charge in [0.25, 0.3) is 0 Å². The first-order chi connectivity index (χ1) is 7.02. The summed E-state index contributed by atoms with van der Waals surface area (Å²) >= 11 is 0. The van der Waals surface area contributed by atoms with Crippen LogP contribution in [0.3, 0.4) is 0 Å². The van der Waals surface area contributed by atoms with Crippen LogP contribution < -0.4 is 11.1 Å². The number of nitrogens with one attached hydrogen (secondary N) is 1. The van der Waals surface area contributed by atoms with Gasteiger partial charge in [0, 0.05) is 5.69 Å². The smallest absolute Gasteiger partial charge is 0.242 e. The summed E-state index contributed by atoms with van der Waals surface area (Å²) in [6, 6.07) is 3.32. The van der Waals surface area contributed by atoms with Crippen molar-refractivity contribution >= 4 is 11.7 Å². The second-order valence-electron chi connectivity index (χ2n) is 3.68. The number of amides is 1. The third-order valence-corrected chi connectivity index (χ3v) is 2.13. The molecule has 15 heavy (non-hydrogen) atoms. The molecule has 0 unspecified atom stereocenters. The van der Waals surface area contributed by atoms with E-state index >= 15 is 0 Å². The van der Waals surface area contributed by atoms with E-state index in [1.165, 1.54) is 0 Å². The Kier molecular flexibility index (Phi) is 3.80. The molecule has 0 aromatic carbocycles. The van der Waals surface area contributed by atoms with Crippen molar-refractivity contribution in [1.29, 1.82) is 0 Å². The van der Waals surface area contributed by atoms with E-state index in [0.29, 0.717) is 12.2 Å². The molecule has 82 valence electrons. The molecule has 0 fully saturated rings. The Morgan fingerprint density at radius 3 is 2.73 bits per heavy atom. The summed E-state index contributed by atoms with van der Waals surface area (Å²) in [5.41, 5.74) is 7.56. The lowest BCUT2D eigenvalue weighted by Gasteiger charge is -2.10. The van der Waals surface area contributed by atoms with Crippen LogP contribution in [0, 0.1) is 13.8 Å². The van der Waals surface area contributed by atoms with Crippen LogP contribution in [0.4, 0.5) is 5.82 Å². The van der Waals surface area contributed by atoms with Crippen molar-refractivity contribution in [2.24, 2.45) is 5.73 Å². The van der Waals surface area contributed by atoms with Crippen LogP contribution in [0.15, 0.2) is 12.1 Å². The first-order valence-electron chi connectivity index (χ1n) is 5.04. The van der Waals surface area contributed by atoms with Gasteiger partial charge < -0.3 is 11.1 Å². The Morgan fingerprint density at radius 2 is 2.20 bits per heavy atom. The highest BCUT2D eigenvalue weighted by atomic mass is 16.2. The summed E-state index contributed by atoms with van der Waals surface area (Å²) in [4.78, 5) is 15.7. The van der Waals surface area contributed by atoms with Crippen LogP contribution in [-0.4, -0.2) is 16.9 Å². The molecule has 1 aromatic heterocycles. The van der Waals surface area contributed by atoms with Gasteiger partial charge in [0.05, 0.1) is 6.04 Å². The lowest BCUT2D eigenvalue weighted by Crippen LogP contribution is -2.35. The molecule has 0 spiro atoms. The number of nitrogens with two attached hydrogens (primary N) is 1. The van der Waals surface area contributed by atoms with Crippen molar-refractivity contribution in [1.82, 2.24) is 4.98 Å². The predicted octanol–water partition coefficient (Wildman–Crippen LogP) is 1.37. The molecule has 0 aliphatic heterocycles. The monoisotopic (exact) mass is 207 g/mol. The van der Waals surface area contributed by atoms with E-state index in [4.69, 9.17) is 5.73 Å². The first kappa shape index (κ1) is 11.7. The molecule has 0 radical (unpaired) electrons. The molecule has 0 saturated heterocycles. The molecule has 1 atom stereocenters. The zero-order valence-corrected chi connectivity index (χ0v) is 9.37. The zero-order chi connectivity index (χ0) is 11.4. The van der Waals surface area contributed by atoms with Gasteiger partial charge >= 0.3 is 0 Å².